The van der Waals surface area contributed by atoms with E-state index in [-0.39, 0.29) is 11.6 Å². The molecule has 6 heteroatoms. The fourth-order valence-corrected chi connectivity index (χ4v) is 5.70. The smallest absolute Gasteiger partial charge is 0.252 e. The Hall–Kier alpha value is -3.17. The van der Waals surface area contributed by atoms with E-state index in [0.29, 0.717) is 17.8 Å². The minimum absolute atomic E-state index is 0.0477. The first kappa shape index (κ1) is 23.6. The summed E-state index contributed by atoms with van der Waals surface area (Å²) in [5, 5.41) is 9.45. The van der Waals surface area contributed by atoms with Crippen molar-refractivity contribution in [2.75, 3.05) is 18.0 Å². The SMILES string of the molecule is CCC1CN(c2cc(=O)n(C)c3ccc(C#N)nc23)[C@@H](CC)CN1C(C)c1ccc(C2CC2)cc1. The number of nitriles is 1. The number of piperazine rings is 1. The van der Waals surface area contributed by atoms with E-state index in [9.17, 15) is 10.1 Å². The normalized spacial score (nSPS) is 21.7. The van der Waals surface area contributed by atoms with Crippen LogP contribution in [0.2, 0.25) is 0 Å². The summed E-state index contributed by atoms with van der Waals surface area (Å²) in [6.07, 6.45) is 4.65. The Labute approximate surface area is 207 Å². The summed E-state index contributed by atoms with van der Waals surface area (Å²) in [5.74, 6) is 0.777. The van der Waals surface area contributed by atoms with Crippen LogP contribution in [0.25, 0.3) is 11.0 Å². The van der Waals surface area contributed by atoms with Crippen LogP contribution in [0.5, 0.6) is 0 Å². The van der Waals surface area contributed by atoms with Gasteiger partial charge in [0.25, 0.3) is 5.56 Å². The van der Waals surface area contributed by atoms with Gasteiger partial charge in [0, 0.05) is 44.3 Å². The van der Waals surface area contributed by atoms with Crippen LogP contribution in [0.15, 0.2) is 47.3 Å². The Balaban J connectivity index is 1.49. The number of aryl methyl sites for hydroxylation is 1. The number of benzene rings is 1. The minimum Gasteiger partial charge on any atom is -0.364 e. The Morgan fingerprint density at radius 1 is 1.06 bits per heavy atom. The minimum atomic E-state index is -0.0477. The molecule has 1 aliphatic heterocycles. The predicted molar refractivity (Wildman–Crippen MR) is 141 cm³/mol. The molecule has 2 aromatic heterocycles. The predicted octanol–water partition coefficient (Wildman–Crippen LogP) is 5.12. The molecule has 35 heavy (non-hydrogen) atoms. The van der Waals surface area contributed by atoms with Gasteiger partial charge in [0.2, 0.25) is 0 Å². The monoisotopic (exact) mass is 469 g/mol. The Morgan fingerprint density at radius 2 is 1.77 bits per heavy atom. The molecule has 3 aromatic rings. The molecule has 182 valence electrons. The third-order valence-corrected chi connectivity index (χ3v) is 8.14. The number of nitrogens with zero attached hydrogens (tertiary/aromatic N) is 5. The van der Waals surface area contributed by atoms with Gasteiger partial charge in [-0.3, -0.25) is 9.69 Å². The highest BCUT2D eigenvalue weighted by Crippen LogP contribution is 2.41. The summed E-state index contributed by atoms with van der Waals surface area (Å²) in [7, 11) is 1.77. The van der Waals surface area contributed by atoms with Gasteiger partial charge in [0.05, 0.1) is 11.2 Å². The second-order valence-electron chi connectivity index (χ2n) is 10.2. The topological polar surface area (TPSA) is 65.2 Å². The molecule has 2 fully saturated rings. The lowest BCUT2D eigenvalue weighted by Gasteiger charge is -2.49. The van der Waals surface area contributed by atoms with Gasteiger partial charge < -0.3 is 9.47 Å². The van der Waals surface area contributed by atoms with Crippen LogP contribution in [0.1, 0.15) is 75.2 Å². The van der Waals surface area contributed by atoms with Crippen molar-refractivity contribution in [1.82, 2.24) is 14.5 Å². The van der Waals surface area contributed by atoms with Gasteiger partial charge in [-0.15, -0.1) is 0 Å². The van der Waals surface area contributed by atoms with Crippen LogP contribution in [0.4, 0.5) is 5.69 Å². The van der Waals surface area contributed by atoms with E-state index in [4.69, 9.17) is 0 Å². The molecule has 1 saturated heterocycles. The van der Waals surface area contributed by atoms with E-state index >= 15 is 0 Å². The summed E-state index contributed by atoms with van der Waals surface area (Å²) < 4.78 is 1.62. The van der Waals surface area contributed by atoms with Crippen LogP contribution in [0, 0.1) is 11.3 Å². The summed E-state index contributed by atoms with van der Waals surface area (Å²) in [6, 6.07) is 17.6. The summed E-state index contributed by atoms with van der Waals surface area (Å²) in [4.78, 5) is 22.5. The van der Waals surface area contributed by atoms with Crippen molar-refractivity contribution in [2.24, 2.45) is 7.05 Å². The quantitative estimate of drug-likeness (QED) is 0.501. The molecule has 0 spiro atoms. The summed E-state index contributed by atoms with van der Waals surface area (Å²) >= 11 is 0. The molecule has 3 atom stereocenters. The standard InChI is InChI=1S/C29H35N5O/c1-5-24-18-34(27-15-28(35)32(4)26-14-13-23(16-30)31-29(26)27)25(6-2)17-33(24)19(3)20-7-9-21(10-8-20)22-11-12-22/h7-10,13-15,19,22,24-25H,5-6,11-12,17-18H2,1-4H3/t19?,24?,25-/m0/s1. The van der Waals surface area contributed by atoms with Crippen molar-refractivity contribution in [1.29, 1.82) is 5.26 Å². The third kappa shape index (κ3) is 4.34. The lowest BCUT2D eigenvalue weighted by atomic mass is 9.95. The molecule has 5 rings (SSSR count). The third-order valence-electron chi connectivity index (χ3n) is 8.14. The largest absolute Gasteiger partial charge is 0.364 e. The van der Waals surface area contributed by atoms with Gasteiger partial charge >= 0.3 is 0 Å². The molecule has 6 nitrogen and oxygen atoms in total. The molecule has 2 aliphatic rings. The van der Waals surface area contributed by atoms with Gasteiger partial charge in [0.1, 0.15) is 17.3 Å². The second kappa shape index (κ2) is 9.47. The van der Waals surface area contributed by atoms with Crippen LogP contribution in [-0.2, 0) is 7.05 Å². The van der Waals surface area contributed by atoms with E-state index in [0.717, 1.165) is 48.6 Å². The van der Waals surface area contributed by atoms with Crippen molar-refractivity contribution in [3.63, 3.8) is 0 Å². The average molecular weight is 470 g/mol. The molecule has 0 radical (unpaired) electrons. The zero-order valence-electron chi connectivity index (χ0n) is 21.2. The molecule has 0 N–H and O–H groups in total. The van der Waals surface area contributed by atoms with Gasteiger partial charge in [0.15, 0.2) is 0 Å². The molecule has 1 saturated carbocycles. The number of aromatic nitrogens is 2. The Morgan fingerprint density at radius 3 is 2.40 bits per heavy atom. The number of anilines is 1. The first-order valence-corrected chi connectivity index (χ1v) is 13.0. The van der Waals surface area contributed by atoms with Crippen molar-refractivity contribution in [3.8, 4) is 6.07 Å². The van der Waals surface area contributed by atoms with Crippen molar-refractivity contribution >= 4 is 16.7 Å². The number of pyridine rings is 2. The van der Waals surface area contributed by atoms with Crippen LogP contribution in [0.3, 0.4) is 0 Å². The van der Waals surface area contributed by atoms with Gasteiger partial charge in [-0.1, -0.05) is 38.1 Å². The Kier molecular flexibility index (Phi) is 6.37. The molecule has 2 unspecified atom stereocenters. The van der Waals surface area contributed by atoms with E-state index in [2.05, 4.69) is 65.9 Å². The maximum absolute atomic E-state index is 12.9. The van der Waals surface area contributed by atoms with E-state index in [1.807, 2.05) is 6.07 Å². The highest BCUT2D eigenvalue weighted by Gasteiger charge is 2.36. The van der Waals surface area contributed by atoms with Crippen molar-refractivity contribution in [3.05, 3.63) is 69.6 Å². The molecular formula is C29H35N5O. The molecule has 1 aliphatic carbocycles. The second-order valence-corrected chi connectivity index (χ2v) is 10.2. The molecule has 1 aromatic carbocycles. The molecule has 0 amide bonds. The van der Waals surface area contributed by atoms with E-state index in [1.54, 1.807) is 23.7 Å². The molecular weight excluding hydrogens is 434 g/mol. The fraction of sp³-hybridized carbons (Fsp3) is 0.483. The van der Waals surface area contributed by atoms with Gasteiger partial charge in [-0.25, -0.2) is 4.98 Å². The fourth-order valence-electron chi connectivity index (χ4n) is 5.70. The lowest BCUT2D eigenvalue weighted by molar-refractivity contribution is 0.101. The van der Waals surface area contributed by atoms with E-state index < -0.39 is 0 Å². The number of fused-ring (bicyclic) bond motifs is 1. The lowest BCUT2D eigenvalue weighted by Crippen LogP contribution is -2.58. The van der Waals surface area contributed by atoms with Gasteiger partial charge in [-0.2, -0.15) is 5.26 Å². The maximum atomic E-state index is 12.9. The zero-order chi connectivity index (χ0) is 24.7. The van der Waals surface area contributed by atoms with Crippen molar-refractivity contribution < 1.29 is 0 Å². The van der Waals surface area contributed by atoms with E-state index in [1.165, 1.54) is 24.0 Å². The summed E-state index contributed by atoms with van der Waals surface area (Å²) in [6.45, 7) is 8.55. The van der Waals surface area contributed by atoms with Gasteiger partial charge in [-0.05, 0) is 61.8 Å². The zero-order valence-corrected chi connectivity index (χ0v) is 21.2. The highest BCUT2D eigenvalue weighted by molar-refractivity contribution is 5.89. The van der Waals surface area contributed by atoms with Crippen LogP contribution < -0.4 is 10.5 Å². The highest BCUT2D eigenvalue weighted by atomic mass is 16.1. The maximum Gasteiger partial charge on any atom is 0.252 e. The Bertz CT molecular complexity index is 1320. The first-order chi connectivity index (χ1) is 16.9. The molecule has 0 bridgehead atoms. The number of hydrogen-bond acceptors (Lipinski definition) is 5. The summed E-state index contributed by atoms with van der Waals surface area (Å²) in [5.41, 5.74) is 5.53. The molecule has 3 heterocycles. The van der Waals surface area contributed by atoms with Crippen molar-refractivity contribution in [2.45, 2.75) is 70.5 Å². The average Bonchev–Trinajstić information content (AvgIpc) is 3.75. The van der Waals surface area contributed by atoms with Crippen LogP contribution >= 0.6 is 0 Å². The van der Waals surface area contributed by atoms with Crippen LogP contribution in [-0.4, -0.2) is 39.6 Å². The number of rotatable bonds is 6. The number of hydrogen-bond donors (Lipinski definition) is 0. The first-order valence-electron chi connectivity index (χ1n) is 13.0.